The summed E-state index contributed by atoms with van der Waals surface area (Å²) in [5, 5.41) is 3.54. The summed E-state index contributed by atoms with van der Waals surface area (Å²) in [7, 11) is 0. The average molecular weight is 292 g/mol. The smallest absolute Gasteiger partial charge is 0.140 e. The number of nitrogens with one attached hydrogen (secondary N) is 1. The fourth-order valence-corrected chi connectivity index (χ4v) is 3.11. The predicted molar refractivity (Wildman–Crippen MR) is 88.8 cm³/mol. The highest BCUT2D eigenvalue weighted by Crippen LogP contribution is 2.33. The predicted octanol–water partition coefficient (Wildman–Crippen LogP) is 3.70. The highest BCUT2D eigenvalue weighted by Gasteiger charge is 2.35. The van der Waals surface area contributed by atoms with E-state index in [1.807, 2.05) is 43.3 Å². The highest BCUT2D eigenvalue weighted by molar-refractivity contribution is 6.04. The number of carbonyl (C=O) groups excluding carboxylic acids is 1. The summed E-state index contributed by atoms with van der Waals surface area (Å²) < 4.78 is 0. The number of ketones is 1. The number of hydrogen-bond acceptors (Lipinski definition) is 3. The van der Waals surface area contributed by atoms with Crippen molar-refractivity contribution in [2.75, 3.05) is 0 Å². The third kappa shape index (κ3) is 2.85. The Balaban J connectivity index is 2.01. The molecule has 0 radical (unpaired) electrons. The molecule has 2 aromatic rings. The molecule has 1 unspecified atom stereocenters. The van der Waals surface area contributed by atoms with Gasteiger partial charge in [0, 0.05) is 11.8 Å². The van der Waals surface area contributed by atoms with Crippen LogP contribution >= 0.6 is 0 Å². The van der Waals surface area contributed by atoms with Gasteiger partial charge in [0.15, 0.2) is 0 Å². The fourth-order valence-electron chi connectivity index (χ4n) is 3.11. The first-order chi connectivity index (χ1) is 10.7. The maximum Gasteiger partial charge on any atom is 0.140 e. The maximum absolute atomic E-state index is 12.1. The quantitative estimate of drug-likeness (QED) is 0.937. The van der Waals surface area contributed by atoms with Crippen LogP contribution in [0.5, 0.6) is 0 Å². The molecule has 0 bridgehead atoms. The minimum absolute atomic E-state index is 0.0404. The van der Waals surface area contributed by atoms with Gasteiger partial charge in [0.2, 0.25) is 0 Å². The van der Waals surface area contributed by atoms with E-state index >= 15 is 0 Å². The van der Waals surface area contributed by atoms with Gasteiger partial charge in [-0.25, -0.2) is 0 Å². The van der Waals surface area contributed by atoms with Gasteiger partial charge in [0.1, 0.15) is 11.9 Å². The van der Waals surface area contributed by atoms with Gasteiger partial charge in [0.05, 0.1) is 5.92 Å². The lowest BCUT2D eigenvalue weighted by molar-refractivity contribution is -0.119. The van der Waals surface area contributed by atoms with Crippen LogP contribution in [0.15, 0.2) is 65.7 Å². The highest BCUT2D eigenvalue weighted by atomic mass is 16.1. The zero-order chi connectivity index (χ0) is 15.5. The number of carbonyl (C=O) groups is 1. The average Bonchev–Trinajstić information content (AvgIpc) is 2.55. The fraction of sp³-hybridized carbons (Fsp3) is 0.263. The minimum atomic E-state index is -0.206. The molecule has 0 aromatic heterocycles. The molecule has 3 heteroatoms. The lowest BCUT2D eigenvalue weighted by atomic mass is 9.84. The first-order valence-electron chi connectivity index (χ1n) is 7.57. The van der Waals surface area contributed by atoms with Gasteiger partial charge in [-0.1, -0.05) is 60.7 Å². The van der Waals surface area contributed by atoms with E-state index in [2.05, 4.69) is 29.6 Å². The number of aliphatic imine (C=N–C) groups is 1. The largest absolute Gasteiger partial charge is 0.299 e. The van der Waals surface area contributed by atoms with E-state index in [1.54, 1.807) is 6.92 Å². The topological polar surface area (TPSA) is 41.5 Å². The summed E-state index contributed by atoms with van der Waals surface area (Å²) in [6.45, 7) is 3.60. The maximum atomic E-state index is 12.1. The second kappa shape index (κ2) is 6.24. The van der Waals surface area contributed by atoms with Crippen molar-refractivity contribution in [1.29, 1.82) is 0 Å². The normalized spacial score (nSPS) is 24.6. The SMILES string of the molecule is CC(=O)C1C(C)=N[C@@H](c2ccccc2)N[C@@H]1c1ccccc1. The van der Waals surface area contributed by atoms with Crippen molar-refractivity contribution in [3.8, 4) is 0 Å². The Bertz CT molecular complexity index is 679. The molecule has 3 atom stereocenters. The molecular formula is C19H20N2O. The molecule has 3 nitrogen and oxygen atoms in total. The van der Waals surface area contributed by atoms with Crippen LogP contribution in [0.3, 0.4) is 0 Å². The van der Waals surface area contributed by atoms with E-state index in [1.165, 1.54) is 0 Å². The van der Waals surface area contributed by atoms with Gasteiger partial charge < -0.3 is 0 Å². The molecule has 1 heterocycles. The van der Waals surface area contributed by atoms with Crippen molar-refractivity contribution in [3.63, 3.8) is 0 Å². The monoisotopic (exact) mass is 292 g/mol. The Hall–Kier alpha value is -2.26. The lowest BCUT2D eigenvalue weighted by Gasteiger charge is -2.35. The van der Waals surface area contributed by atoms with Gasteiger partial charge in [0.25, 0.3) is 0 Å². The van der Waals surface area contributed by atoms with Gasteiger partial charge in [-0.05, 0) is 25.0 Å². The third-order valence-corrected chi connectivity index (χ3v) is 4.17. The summed E-state index contributed by atoms with van der Waals surface area (Å²) in [6.07, 6.45) is -0.109. The van der Waals surface area contributed by atoms with Crippen molar-refractivity contribution in [2.24, 2.45) is 10.9 Å². The summed E-state index contributed by atoms with van der Waals surface area (Å²) in [4.78, 5) is 16.8. The standard InChI is InChI=1S/C19H20N2O/c1-13-17(14(2)22)18(15-9-5-3-6-10-15)21-19(20-13)16-11-7-4-8-12-16/h3-12,17-19,21H,1-2H3/t17?,18-,19-/m1/s1. The van der Waals surface area contributed by atoms with Gasteiger partial charge in [-0.15, -0.1) is 0 Å². The molecule has 2 aromatic carbocycles. The van der Waals surface area contributed by atoms with E-state index in [4.69, 9.17) is 4.99 Å². The Labute approximate surface area is 131 Å². The van der Waals surface area contributed by atoms with Crippen LogP contribution in [-0.2, 0) is 4.79 Å². The first kappa shape index (κ1) is 14.7. The molecule has 0 saturated carbocycles. The van der Waals surface area contributed by atoms with E-state index in [0.717, 1.165) is 16.8 Å². The molecule has 1 N–H and O–H groups in total. The van der Waals surface area contributed by atoms with Crippen LogP contribution < -0.4 is 5.32 Å². The van der Waals surface area contributed by atoms with Gasteiger partial charge >= 0.3 is 0 Å². The zero-order valence-corrected chi connectivity index (χ0v) is 12.9. The number of Topliss-reactive ketones (excluding diaryl/α,β-unsaturated/α-hetero) is 1. The lowest BCUT2D eigenvalue weighted by Crippen LogP contribution is -2.42. The van der Waals surface area contributed by atoms with Crippen LogP contribution in [0.4, 0.5) is 0 Å². The Morgan fingerprint density at radius 2 is 1.50 bits per heavy atom. The van der Waals surface area contributed by atoms with Gasteiger partial charge in [-0.2, -0.15) is 0 Å². The molecule has 0 aliphatic carbocycles. The van der Waals surface area contributed by atoms with Crippen molar-refractivity contribution >= 4 is 11.5 Å². The first-order valence-corrected chi connectivity index (χ1v) is 7.57. The van der Waals surface area contributed by atoms with Crippen LogP contribution in [0.25, 0.3) is 0 Å². The second-order valence-electron chi connectivity index (χ2n) is 5.73. The van der Waals surface area contributed by atoms with Crippen molar-refractivity contribution in [2.45, 2.75) is 26.1 Å². The molecule has 22 heavy (non-hydrogen) atoms. The van der Waals surface area contributed by atoms with Crippen LogP contribution in [0.2, 0.25) is 0 Å². The van der Waals surface area contributed by atoms with Crippen molar-refractivity contribution in [1.82, 2.24) is 5.32 Å². The van der Waals surface area contributed by atoms with E-state index in [-0.39, 0.29) is 23.9 Å². The Morgan fingerprint density at radius 3 is 2.05 bits per heavy atom. The Kier molecular flexibility index (Phi) is 4.16. The van der Waals surface area contributed by atoms with Crippen LogP contribution in [0.1, 0.15) is 37.2 Å². The van der Waals surface area contributed by atoms with Crippen molar-refractivity contribution < 1.29 is 4.79 Å². The molecule has 0 fully saturated rings. The molecule has 1 aliphatic heterocycles. The zero-order valence-electron chi connectivity index (χ0n) is 12.9. The summed E-state index contributed by atoms with van der Waals surface area (Å²) in [6, 6.07) is 20.2. The molecule has 0 spiro atoms. The number of benzene rings is 2. The number of rotatable bonds is 3. The van der Waals surface area contributed by atoms with Crippen molar-refractivity contribution in [3.05, 3.63) is 71.8 Å². The summed E-state index contributed by atoms with van der Waals surface area (Å²) >= 11 is 0. The molecular weight excluding hydrogens is 272 g/mol. The molecule has 112 valence electrons. The molecule has 0 amide bonds. The Morgan fingerprint density at radius 1 is 0.955 bits per heavy atom. The van der Waals surface area contributed by atoms with E-state index in [0.29, 0.717) is 0 Å². The van der Waals surface area contributed by atoms with E-state index in [9.17, 15) is 4.79 Å². The van der Waals surface area contributed by atoms with E-state index < -0.39 is 0 Å². The van der Waals surface area contributed by atoms with Crippen LogP contribution in [-0.4, -0.2) is 11.5 Å². The third-order valence-electron chi connectivity index (χ3n) is 4.17. The van der Waals surface area contributed by atoms with Crippen LogP contribution in [0, 0.1) is 5.92 Å². The molecule has 3 rings (SSSR count). The second-order valence-corrected chi connectivity index (χ2v) is 5.73. The molecule has 0 saturated heterocycles. The number of hydrogen-bond donors (Lipinski definition) is 1. The minimum Gasteiger partial charge on any atom is -0.299 e. The summed E-state index contributed by atoms with van der Waals surface area (Å²) in [5.74, 6) is -0.0588. The number of nitrogens with zero attached hydrogens (tertiary/aromatic N) is 1. The van der Waals surface area contributed by atoms with Gasteiger partial charge in [-0.3, -0.25) is 15.1 Å². The molecule has 1 aliphatic rings. The summed E-state index contributed by atoms with van der Waals surface area (Å²) in [5.41, 5.74) is 3.14.